The number of para-hydroxylation sites is 1. The number of carbonyl (C=O) groups is 1. The van der Waals surface area contributed by atoms with Crippen LogP contribution < -0.4 is 20.3 Å². The van der Waals surface area contributed by atoms with Crippen LogP contribution in [0.4, 0.5) is 22.9 Å². The van der Waals surface area contributed by atoms with Gasteiger partial charge < -0.3 is 25.2 Å². The van der Waals surface area contributed by atoms with E-state index in [1.165, 1.54) is 12.4 Å². The third kappa shape index (κ3) is 5.44. The van der Waals surface area contributed by atoms with E-state index in [0.29, 0.717) is 28.8 Å². The van der Waals surface area contributed by atoms with Crippen molar-refractivity contribution in [2.24, 2.45) is 0 Å². The molecule has 0 aliphatic heterocycles. The van der Waals surface area contributed by atoms with Crippen molar-refractivity contribution in [2.75, 3.05) is 56.9 Å². The summed E-state index contributed by atoms with van der Waals surface area (Å²) in [4.78, 5) is 25.1. The van der Waals surface area contributed by atoms with Crippen LogP contribution in [0.1, 0.15) is 0 Å². The molecule has 0 unspecified atom stereocenters. The highest BCUT2D eigenvalue weighted by Gasteiger charge is 2.16. The number of benzene rings is 2. The molecule has 0 bridgehead atoms. The highest BCUT2D eigenvalue weighted by molar-refractivity contribution is 6.02. The molecule has 4 aromatic rings. The zero-order valence-corrected chi connectivity index (χ0v) is 20.9. The number of ether oxygens (including phenoxy) is 1. The fourth-order valence-corrected chi connectivity index (χ4v) is 3.73. The van der Waals surface area contributed by atoms with Crippen LogP contribution >= 0.6 is 0 Å². The Balaban J connectivity index is 1.69. The van der Waals surface area contributed by atoms with Crippen molar-refractivity contribution in [2.45, 2.75) is 0 Å². The zero-order chi connectivity index (χ0) is 25.7. The summed E-state index contributed by atoms with van der Waals surface area (Å²) in [5.74, 6) is 1.46. The lowest BCUT2D eigenvalue weighted by Gasteiger charge is -2.26. The fourth-order valence-electron chi connectivity index (χ4n) is 3.73. The van der Waals surface area contributed by atoms with Gasteiger partial charge in [-0.2, -0.15) is 5.10 Å². The summed E-state index contributed by atoms with van der Waals surface area (Å²) in [6.45, 7) is 5.18. The van der Waals surface area contributed by atoms with Crippen LogP contribution in [0.5, 0.6) is 5.75 Å². The minimum Gasteiger partial charge on any atom is -0.494 e. The van der Waals surface area contributed by atoms with Gasteiger partial charge in [0.25, 0.3) is 0 Å². The lowest BCUT2D eigenvalue weighted by molar-refractivity contribution is -0.111. The van der Waals surface area contributed by atoms with Gasteiger partial charge in [0.15, 0.2) is 5.82 Å². The van der Waals surface area contributed by atoms with Gasteiger partial charge in [-0.05, 0) is 32.3 Å². The molecule has 4 rings (SSSR count). The van der Waals surface area contributed by atoms with Gasteiger partial charge in [0.2, 0.25) is 5.91 Å². The fraction of sp³-hybridized carbons (Fsp3) is 0.231. The van der Waals surface area contributed by atoms with Crippen LogP contribution in [0.3, 0.4) is 0 Å². The van der Waals surface area contributed by atoms with E-state index < -0.39 is 0 Å². The summed E-state index contributed by atoms with van der Waals surface area (Å²) in [5, 5.41) is 11.7. The van der Waals surface area contributed by atoms with E-state index in [4.69, 9.17) is 4.74 Å². The highest BCUT2D eigenvalue weighted by atomic mass is 16.5. The molecule has 2 N–H and O–H groups in total. The average molecular weight is 487 g/mol. The summed E-state index contributed by atoms with van der Waals surface area (Å²) in [6, 6.07) is 13.4. The summed E-state index contributed by atoms with van der Waals surface area (Å²) < 4.78 is 7.45. The summed E-state index contributed by atoms with van der Waals surface area (Å²) in [5.41, 5.74) is 3.02. The van der Waals surface area contributed by atoms with Gasteiger partial charge >= 0.3 is 0 Å². The summed E-state index contributed by atoms with van der Waals surface area (Å²) in [7, 11) is 7.61. The Hall–Kier alpha value is -4.44. The lowest BCUT2D eigenvalue weighted by atomic mass is 10.2. The lowest BCUT2D eigenvalue weighted by Crippen LogP contribution is -2.29. The number of fused-ring (bicyclic) bond motifs is 1. The van der Waals surface area contributed by atoms with Crippen molar-refractivity contribution >= 4 is 39.7 Å². The number of carbonyl (C=O) groups excluding carboxylic acids is 1. The van der Waals surface area contributed by atoms with E-state index >= 15 is 0 Å². The first kappa shape index (κ1) is 24.7. The Bertz CT molecular complexity index is 1380. The van der Waals surface area contributed by atoms with Crippen molar-refractivity contribution < 1.29 is 9.53 Å². The topological polar surface area (TPSA) is 100 Å². The first-order valence-corrected chi connectivity index (χ1v) is 11.4. The monoisotopic (exact) mass is 486 g/mol. The molecule has 0 aliphatic rings. The molecule has 1 amide bonds. The molecule has 2 aromatic carbocycles. The molecule has 0 aliphatic carbocycles. The normalized spacial score (nSPS) is 10.9. The zero-order valence-electron chi connectivity index (χ0n) is 20.9. The third-order valence-electron chi connectivity index (χ3n) is 5.66. The first-order valence-electron chi connectivity index (χ1n) is 11.4. The van der Waals surface area contributed by atoms with E-state index in [-0.39, 0.29) is 5.91 Å². The molecule has 0 atom stereocenters. The smallest absolute Gasteiger partial charge is 0.247 e. The van der Waals surface area contributed by atoms with Crippen molar-refractivity contribution in [3.8, 4) is 11.6 Å². The van der Waals surface area contributed by atoms with Crippen LogP contribution in [0.25, 0.3) is 16.7 Å². The second-order valence-electron chi connectivity index (χ2n) is 8.49. The number of aromatic nitrogens is 4. The second kappa shape index (κ2) is 10.9. The van der Waals surface area contributed by atoms with Crippen molar-refractivity contribution in [1.82, 2.24) is 24.6 Å². The van der Waals surface area contributed by atoms with Crippen molar-refractivity contribution in [1.29, 1.82) is 0 Å². The van der Waals surface area contributed by atoms with Gasteiger partial charge in [-0.1, -0.05) is 24.8 Å². The Morgan fingerprint density at radius 1 is 1.11 bits per heavy atom. The molecule has 2 heterocycles. The Kier molecular flexibility index (Phi) is 7.45. The Labute approximate surface area is 210 Å². The summed E-state index contributed by atoms with van der Waals surface area (Å²) >= 11 is 0. The molecule has 0 radical (unpaired) electrons. The Morgan fingerprint density at radius 2 is 1.92 bits per heavy atom. The van der Waals surface area contributed by atoms with E-state index in [1.54, 1.807) is 24.1 Å². The van der Waals surface area contributed by atoms with Crippen molar-refractivity contribution in [3.05, 3.63) is 67.6 Å². The van der Waals surface area contributed by atoms with Gasteiger partial charge in [-0.25, -0.2) is 14.6 Å². The number of likely N-dealkylation sites (N-methyl/N-ethyl adjacent to an activating group) is 2. The van der Waals surface area contributed by atoms with E-state index in [0.717, 1.165) is 29.7 Å². The standard InChI is InChI=1S/C26H30N8O2/c1-6-26(35)31-19-13-20(23(36-5)14-22(19)33(4)12-11-32(2)3)30-24-15-25(28-17-27-24)34-21-10-8-7-9-18(21)16-29-34/h6-10,13-17H,1,11-12H2,2-5H3,(H,31,35)(H,27,28,30). The number of anilines is 4. The average Bonchev–Trinajstić information content (AvgIpc) is 3.32. The van der Waals surface area contributed by atoms with Crippen LogP contribution in [-0.4, -0.2) is 71.9 Å². The first-order chi connectivity index (χ1) is 17.4. The molecule has 0 saturated heterocycles. The SMILES string of the molecule is C=CC(=O)Nc1cc(Nc2cc(-n3ncc4ccccc43)ncn2)c(OC)cc1N(C)CCN(C)C. The number of nitrogens with one attached hydrogen (secondary N) is 2. The predicted molar refractivity (Wildman–Crippen MR) is 144 cm³/mol. The van der Waals surface area contributed by atoms with Crippen LogP contribution in [0.2, 0.25) is 0 Å². The molecule has 186 valence electrons. The van der Waals surface area contributed by atoms with Gasteiger partial charge in [0, 0.05) is 37.7 Å². The molecule has 2 aromatic heterocycles. The summed E-state index contributed by atoms with van der Waals surface area (Å²) in [6.07, 6.45) is 4.52. The van der Waals surface area contributed by atoms with E-state index in [9.17, 15) is 4.79 Å². The predicted octanol–water partition coefficient (Wildman–Crippen LogP) is 3.69. The maximum atomic E-state index is 12.2. The molecule has 36 heavy (non-hydrogen) atoms. The van der Waals surface area contributed by atoms with Gasteiger partial charge in [-0.15, -0.1) is 0 Å². The van der Waals surface area contributed by atoms with Crippen LogP contribution in [-0.2, 0) is 4.79 Å². The molecular weight excluding hydrogens is 456 g/mol. The molecule has 0 fully saturated rings. The largest absolute Gasteiger partial charge is 0.494 e. The number of rotatable bonds is 10. The van der Waals surface area contributed by atoms with Crippen molar-refractivity contribution in [3.63, 3.8) is 0 Å². The second-order valence-corrected chi connectivity index (χ2v) is 8.49. The van der Waals surface area contributed by atoms with E-state index in [1.807, 2.05) is 57.5 Å². The molecular formula is C26H30N8O2. The van der Waals surface area contributed by atoms with Crippen LogP contribution in [0.15, 0.2) is 67.6 Å². The van der Waals surface area contributed by atoms with Crippen LogP contribution in [0, 0.1) is 0 Å². The van der Waals surface area contributed by atoms with E-state index in [2.05, 4.69) is 42.1 Å². The number of amides is 1. The molecule has 0 saturated carbocycles. The van der Waals surface area contributed by atoms with Gasteiger partial charge in [0.05, 0.1) is 35.9 Å². The number of hydrogen-bond acceptors (Lipinski definition) is 8. The van der Waals surface area contributed by atoms with Gasteiger partial charge in [0.1, 0.15) is 17.9 Å². The molecule has 10 nitrogen and oxygen atoms in total. The molecule has 0 spiro atoms. The quantitative estimate of drug-likeness (QED) is 0.328. The minimum atomic E-state index is -0.303. The number of nitrogens with zero attached hydrogens (tertiary/aromatic N) is 6. The number of methoxy groups -OCH3 is 1. The highest BCUT2D eigenvalue weighted by Crippen LogP contribution is 2.38. The third-order valence-corrected chi connectivity index (χ3v) is 5.66. The minimum absolute atomic E-state index is 0.303. The maximum absolute atomic E-state index is 12.2. The molecule has 10 heteroatoms. The number of hydrogen-bond donors (Lipinski definition) is 2. The Morgan fingerprint density at radius 3 is 2.67 bits per heavy atom. The van der Waals surface area contributed by atoms with Gasteiger partial charge in [-0.3, -0.25) is 4.79 Å². The maximum Gasteiger partial charge on any atom is 0.247 e.